The van der Waals surface area contributed by atoms with Gasteiger partial charge in [0, 0.05) is 18.0 Å². The molecule has 4 heterocycles. The van der Waals surface area contributed by atoms with Crippen LogP contribution in [-0.2, 0) is 9.59 Å². The van der Waals surface area contributed by atoms with E-state index < -0.39 is 0 Å². The summed E-state index contributed by atoms with van der Waals surface area (Å²) in [6.45, 7) is 17.3. The number of hydrogen-bond donors (Lipinski definition) is 0. The van der Waals surface area contributed by atoms with Gasteiger partial charge in [-0.2, -0.15) is 16.6 Å². The minimum atomic E-state index is -0.142. The van der Waals surface area contributed by atoms with Crippen molar-refractivity contribution in [2.45, 2.75) is 79.1 Å². The lowest BCUT2D eigenvalue weighted by Gasteiger charge is -2.29. The summed E-state index contributed by atoms with van der Waals surface area (Å²) in [6, 6.07) is 9.50. The third-order valence-corrected chi connectivity index (χ3v) is 10.0. The maximum atomic E-state index is 14.4. The molecule has 0 saturated heterocycles. The normalized spacial score (nSPS) is 16.6. The summed E-state index contributed by atoms with van der Waals surface area (Å²) >= 11 is 2.67. The van der Waals surface area contributed by atoms with Crippen molar-refractivity contribution >= 4 is 50.9 Å². The second kappa shape index (κ2) is 13.4. The van der Waals surface area contributed by atoms with Gasteiger partial charge in [-0.05, 0) is 42.9 Å². The van der Waals surface area contributed by atoms with Gasteiger partial charge in [0.15, 0.2) is 0 Å². The van der Waals surface area contributed by atoms with E-state index in [4.69, 9.17) is 6.57 Å². The molecule has 40 heavy (non-hydrogen) atoms. The lowest BCUT2D eigenvalue weighted by molar-refractivity contribution is -0.124. The fourth-order valence-corrected chi connectivity index (χ4v) is 7.36. The van der Waals surface area contributed by atoms with Gasteiger partial charge in [-0.1, -0.05) is 72.3 Å². The zero-order chi connectivity index (χ0) is 28.8. The summed E-state index contributed by atoms with van der Waals surface area (Å²) in [7, 11) is 0. The number of nitriles is 1. The van der Waals surface area contributed by atoms with Crippen molar-refractivity contribution in [1.82, 2.24) is 9.80 Å². The molecule has 2 unspecified atom stereocenters. The van der Waals surface area contributed by atoms with Gasteiger partial charge in [0.1, 0.15) is 10.9 Å². The number of fused-ring (bicyclic) bond motifs is 1. The van der Waals surface area contributed by atoms with Crippen LogP contribution in [-0.4, -0.2) is 34.7 Å². The molecule has 0 spiro atoms. The maximum Gasteiger partial charge on any atom is 0.261 e. The second-order valence-corrected chi connectivity index (χ2v) is 12.8. The van der Waals surface area contributed by atoms with Crippen LogP contribution >= 0.6 is 22.7 Å². The third-order valence-electron chi connectivity index (χ3n) is 8.03. The van der Waals surface area contributed by atoms with E-state index in [1.807, 2.05) is 21.9 Å². The highest BCUT2D eigenvalue weighted by atomic mass is 32.1. The van der Waals surface area contributed by atoms with Gasteiger partial charge in [0.05, 0.1) is 34.0 Å². The lowest BCUT2D eigenvalue weighted by Crippen LogP contribution is -2.34. The minimum Gasteiger partial charge on any atom is -0.306 e. The topological polar surface area (TPSA) is 68.8 Å². The van der Waals surface area contributed by atoms with E-state index in [1.165, 1.54) is 22.7 Å². The molecule has 210 valence electrons. The number of carbonyl (C=O) groups is 2. The summed E-state index contributed by atoms with van der Waals surface area (Å²) in [5, 5.41) is 10.1. The quantitative estimate of drug-likeness (QED) is 0.213. The Morgan fingerprint density at radius 2 is 1.32 bits per heavy atom. The first-order valence-corrected chi connectivity index (χ1v) is 16.2. The molecule has 0 N–H and O–H groups in total. The van der Waals surface area contributed by atoms with Gasteiger partial charge in [-0.25, -0.2) is 4.85 Å². The van der Waals surface area contributed by atoms with Crippen LogP contribution < -0.4 is 0 Å². The Hall–Kier alpha value is -3.20. The second-order valence-electron chi connectivity index (χ2n) is 10.6. The number of nitrogens with zero attached hydrogens (tertiary/aromatic N) is 4. The van der Waals surface area contributed by atoms with Crippen LogP contribution in [0.25, 0.3) is 16.2 Å². The standard InChI is InChI=1S/C32H38N4O2S2/c1-6-10-12-21(8-3)19-35-29(24-15-14-23(18-33)39-24)27-28(32(35)38)30(25-16-17-26(34-5)40-25)36(31(27)37)20-22(9-4)13-11-7-2/h14-17,21-22H,6-13,19-20H2,1-4H3. The molecule has 2 aliphatic rings. The fraction of sp³-hybridized carbons (Fsp3) is 0.500. The molecule has 2 aliphatic heterocycles. The predicted molar refractivity (Wildman–Crippen MR) is 163 cm³/mol. The van der Waals surface area contributed by atoms with Gasteiger partial charge >= 0.3 is 0 Å². The molecule has 2 amide bonds. The average Bonchev–Trinajstić information content (AvgIpc) is 3.74. The first-order chi connectivity index (χ1) is 19.4. The molecule has 0 radical (unpaired) electrons. The summed E-state index contributed by atoms with van der Waals surface area (Å²) in [5.74, 6) is 0.353. The number of unbranched alkanes of at least 4 members (excludes halogenated alkanes) is 2. The SMILES string of the molecule is [C-]#[N+]c1ccc(C2=C3C(=O)N(CC(CC)CCCC)C(c4ccc(C#N)s4)=C3C(=O)N2CC(CC)CCCC)s1. The Bertz CT molecular complexity index is 1290. The van der Waals surface area contributed by atoms with Crippen LogP contribution in [0.2, 0.25) is 0 Å². The number of rotatable bonds is 14. The molecule has 0 saturated carbocycles. The molecule has 2 aromatic rings. The Kier molecular flexibility index (Phi) is 10.0. The highest BCUT2D eigenvalue weighted by Gasteiger charge is 2.49. The van der Waals surface area contributed by atoms with Crippen LogP contribution in [0.1, 0.15) is 93.7 Å². The van der Waals surface area contributed by atoms with Crippen LogP contribution in [0.15, 0.2) is 35.4 Å². The third kappa shape index (κ3) is 5.80. The minimum absolute atomic E-state index is 0.142. The Balaban J connectivity index is 1.89. The van der Waals surface area contributed by atoms with E-state index >= 15 is 0 Å². The van der Waals surface area contributed by atoms with Gasteiger partial charge in [-0.3, -0.25) is 9.59 Å². The van der Waals surface area contributed by atoms with Crippen LogP contribution in [0.3, 0.4) is 0 Å². The van der Waals surface area contributed by atoms with Gasteiger partial charge in [0.25, 0.3) is 11.8 Å². The largest absolute Gasteiger partial charge is 0.306 e. The zero-order valence-electron chi connectivity index (χ0n) is 24.0. The zero-order valence-corrected chi connectivity index (χ0v) is 25.6. The molecule has 8 heteroatoms. The summed E-state index contributed by atoms with van der Waals surface area (Å²) in [5.41, 5.74) is 2.22. The van der Waals surface area contributed by atoms with E-state index in [0.717, 1.165) is 61.1 Å². The number of thiophene rings is 2. The molecular weight excluding hydrogens is 537 g/mol. The summed E-state index contributed by atoms with van der Waals surface area (Å²) in [4.78, 5) is 38.1. The van der Waals surface area contributed by atoms with Crippen molar-refractivity contribution in [1.29, 1.82) is 5.26 Å². The van der Waals surface area contributed by atoms with Crippen molar-refractivity contribution in [2.24, 2.45) is 11.8 Å². The summed E-state index contributed by atoms with van der Waals surface area (Å²) in [6.07, 6.45) is 8.31. The first kappa shape index (κ1) is 29.8. The molecule has 0 aromatic carbocycles. The monoisotopic (exact) mass is 574 g/mol. The Labute approximate surface area is 246 Å². The van der Waals surface area contributed by atoms with E-state index in [9.17, 15) is 14.9 Å². The molecule has 2 atom stereocenters. The molecule has 4 rings (SSSR count). The highest BCUT2D eigenvalue weighted by molar-refractivity contribution is 7.17. The van der Waals surface area contributed by atoms with Crippen LogP contribution in [0.5, 0.6) is 0 Å². The van der Waals surface area contributed by atoms with E-state index in [-0.39, 0.29) is 11.8 Å². The predicted octanol–water partition coefficient (Wildman–Crippen LogP) is 8.47. The number of carbonyl (C=O) groups excluding carboxylic acids is 2. The number of amides is 2. The van der Waals surface area contributed by atoms with Gasteiger partial charge in [-0.15, -0.1) is 11.3 Å². The number of hydrogen-bond acceptors (Lipinski definition) is 5. The van der Waals surface area contributed by atoms with Crippen molar-refractivity contribution in [3.05, 3.63) is 61.5 Å². The molecule has 0 bridgehead atoms. The van der Waals surface area contributed by atoms with Crippen molar-refractivity contribution in [3.63, 3.8) is 0 Å². The molecule has 2 aromatic heterocycles. The Morgan fingerprint density at radius 1 is 0.825 bits per heavy atom. The average molecular weight is 575 g/mol. The van der Waals surface area contributed by atoms with Gasteiger partial charge < -0.3 is 9.80 Å². The molecular formula is C32H38N4O2S2. The van der Waals surface area contributed by atoms with E-state index in [2.05, 4.69) is 38.6 Å². The van der Waals surface area contributed by atoms with Crippen LogP contribution in [0, 0.1) is 29.7 Å². The smallest absolute Gasteiger partial charge is 0.261 e. The molecule has 0 aliphatic carbocycles. The van der Waals surface area contributed by atoms with Crippen molar-refractivity contribution in [2.75, 3.05) is 13.1 Å². The van der Waals surface area contributed by atoms with Crippen LogP contribution in [0.4, 0.5) is 5.00 Å². The lowest BCUT2D eigenvalue weighted by atomic mass is 9.98. The van der Waals surface area contributed by atoms with Crippen molar-refractivity contribution in [3.8, 4) is 6.07 Å². The van der Waals surface area contributed by atoms with Gasteiger partial charge in [0.2, 0.25) is 5.00 Å². The Morgan fingerprint density at radius 3 is 1.73 bits per heavy atom. The molecule has 0 fully saturated rings. The summed E-state index contributed by atoms with van der Waals surface area (Å²) < 4.78 is 0. The molecule has 6 nitrogen and oxygen atoms in total. The first-order valence-electron chi connectivity index (χ1n) is 14.5. The van der Waals surface area contributed by atoms with Crippen molar-refractivity contribution < 1.29 is 9.59 Å². The van der Waals surface area contributed by atoms with E-state index in [1.54, 1.807) is 12.1 Å². The van der Waals surface area contributed by atoms with E-state index in [0.29, 0.717) is 57.3 Å². The maximum absolute atomic E-state index is 14.4. The highest BCUT2D eigenvalue weighted by Crippen LogP contribution is 2.50. The fourth-order valence-electron chi connectivity index (χ4n) is 5.65.